The maximum Gasteiger partial charge on any atom is 0.223 e. The number of piperidine rings is 1. The number of aromatic nitrogens is 3. The lowest BCUT2D eigenvalue weighted by atomic mass is 9.97. The number of rotatable bonds is 8. The van der Waals surface area contributed by atoms with Gasteiger partial charge in [0.25, 0.3) is 0 Å². The van der Waals surface area contributed by atoms with E-state index in [4.69, 9.17) is 0 Å². The number of aryl methyl sites for hydroxylation is 1. The van der Waals surface area contributed by atoms with Crippen molar-refractivity contribution in [2.24, 2.45) is 11.8 Å². The Morgan fingerprint density at radius 2 is 2.13 bits per heavy atom. The van der Waals surface area contributed by atoms with Crippen molar-refractivity contribution in [3.8, 4) is 0 Å². The van der Waals surface area contributed by atoms with E-state index in [1.807, 2.05) is 6.26 Å². The van der Waals surface area contributed by atoms with Gasteiger partial charge in [0, 0.05) is 25.4 Å². The van der Waals surface area contributed by atoms with Gasteiger partial charge in [-0.05, 0) is 44.5 Å². The van der Waals surface area contributed by atoms with Crippen LogP contribution in [0.25, 0.3) is 0 Å². The van der Waals surface area contributed by atoms with Crippen LogP contribution in [0.5, 0.6) is 0 Å². The van der Waals surface area contributed by atoms with Gasteiger partial charge in [0.15, 0.2) is 5.16 Å². The molecule has 0 saturated carbocycles. The number of carbonyl (C=O) groups excluding carboxylic acids is 1. The van der Waals surface area contributed by atoms with E-state index in [1.54, 1.807) is 11.8 Å². The summed E-state index contributed by atoms with van der Waals surface area (Å²) in [6.45, 7) is 7.97. The monoisotopic (exact) mass is 339 g/mol. The van der Waals surface area contributed by atoms with Crippen LogP contribution >= 0.6 is 11.8 Å². The predicted molar refractivity (Wildman–Crippen MR) is 93.6 cm³/mol. The van der Waals surface area contributed by atoms with Crippen molar-refractivity contribution in [3.05, 3.63) is 5.82 Å². The van der Waals surface area contributed by atoms with Gasteiger partial charge < -0.3 is 15.2 Å². The fourth-order valence-corrected chi connectivity index (χ4v) is 3.41. The van der Waals surface area contributed by atoms with Gasteiger partial charge in [-0.15, -0.1) is 10.2 Å². The number of hydrogen-bond donors (Lipinski definition) is 2. The van der Waals surface area contributed by atoms with Gasteiger partial charge in [0.2, 0.25) is 5.91 Å². The van der Waals surface area contributed by atoms with Gasteiger partial charge in [-0.2, -0.15) is 0 Å². The molecule has 2 heterocycles. The molecule has 6 nitrogen and oxygen atoms in total. The molecule has 0 radical (unpaired) electrons. The highest BCUT2D eigenvalue weighted by Crippen LogP contribution is 2.17. The van der Waals surface area contributed by atoms with Crippen LogP contribution in [0.2, 0.25) is 0 Å². The molecule has 1 aliphatic heterocycles. The first-order valence-electron chi connectivity index (χ1n) is 8.56. The fourth-order valence-electron chi connectivity index (χ4n) is 2.89. The molecule has 1 saturated heterocycles. The third kappa shape index (κ3) is 5.49. The van der Waals surface area contributed by atoms with Crippen LogP contribution in [-0.4, -0.2) is 46.6 Å². The highest BCUT2D eigenvalue weighted by Gasteiger charge is 2.20. The van der Waals surface area contributed by atoms with Crippen molar-refractivity contribution in [1.29, 1.82) is 0 Å². The lowest BCUT2D eigenvalue weighted by Gasteiger charge is -2.21. The van der Waals surface area contributed by atoms with Crippen molar-refractivity contribution in [2.45, 2.75) is 51.2 Å². The Bertz CT molecular complexity index is 497. The molecule has 0 bridgehead atoms. The second-order valence-corrected chi connectivity index (χ2v) is 7.30. The van der Waals surface area contributed by atoms with Gasteiger partial charge in [-0.3, -0.25) is 4.79 Å². The zero-order valence-electron chi connectivity index (χ0n) is 14.5. The first-order valence-corrected chi connectivity index (χ1v) is 9.78. The molecule has 1 fully saturated rings. The van der Waals surface area contributed by atoms with Gasteiger partial charge in [-0.25, -0.2) is 0 Å². The zero-order valence-corrected chi connectivity index (χ0v) is 15.3. The molecule has 2 rings (SSSR count). The first kappa shape index (κ1) is 18.3. The normalized spacial score (nSPS) is 16.0. The third-order valence-corrected chi connectivity index (χ3v) is 4.78. The molecule has 0 spiro atoms. The Labute approximate surface area is 143 Å². The van der Waals surface area contributed by atoms with Crippen LogP contribution in [0.4, 0.5) is 0 Å². The van der Waals surface area contributed by atoms with Crippen molar-refractivity contribution in [3.63, 3.8) is 0 Å². The average molecular weight is 340 g/mol. The maximum absolute atomic E-state index is 12.1. The molecule has 1 amide bonds. The molecule has 130 valence electrons. The summed E-state index contributed by atoms with van der Waals surface area (Å²) < 4.78 is 2.21. The molecule has 0 aromatic carbocycles. The van der Waals surface area contributed by atoms with Gasteiger partial charge in [0.1, 0.15) is 5.82 Å². The van der Waals surface area contributed by atoms with E-state index in [1.165, 1.54) is 0 Å². The minimum Gasteiger partial charge on any atom is -0.356 e. The third-order valence-electron chi connectivity index (χ3n) is 4.11. The molecule has 0 aliphatic carbocycles. The van der Waals surface area contributed by atoms with E-state index < -0.39 is 0 Å². The minimum absolute atomic E-state index is 0.184. The molecule has 0 unspecified atom stereocenters. The Balaban J connectivity index is 1.77. The lowest BCUT2D eigenvalue weighted by Crippen LogP contribution is -2.38. The van der Waals surface area contributed by atoms with Gasteiger partial charge >= 0.3 is 0 Å². The highest BCUT2D eigenvalue weighted by atomic mass is 32.2. The molecule has 1 aliphatic rings. The van der Waals surface area contributed by atoms with Crippen molar-refractivity contribution >= 4 is 17.7 Å². The smallest absolute Gasteiger partial charge is 0.223 e. The van der Waals surface area contributed by atoms with E-state index in [2.05, 4.69) is 39.2 Å². The number of thioether (sulfide) groups is 1. The Morgan fingerprint density at radius 3 is 2.78 bits per heavy atom. The summed E-state index contributed by atoms with van der Waals surface area (Å²) in [5, 5.41) is 15.9. The molecule has 0 atom stereocenters. The SMILES string of the molecule is CSc1nnc(CCCNC(=O)C2CCNCC2)n1CC(C)C. The molecular weight excluding hydrogens is 310 g/mol. The Hall–Kier alpha value is -1.08. The number of hydrogen-bond acceptors (Lipinski definition) is 5. The van der Waals surface area contributed by atoms with Crippen molar-refractivity contribution < 1.29 is 4.79 Å². The summed E-state index contributed by atoms with van der Waals surface area (Å²) in [6, 6.07) is 0. The van der Waals surface area contributed by atoms with E-state index in [9.17, 15) is 4.79 Å². The van der Waals surface area contributed by atoms with E-state index >= 15 is 0 Å². The number of nitrogens with one attached hydrogen (secondary N) is 2. The number of carbonyl (C=O) groups is 1. The van der Waals surface area contributed by atoms with E-state index in [0.717, 1.165) is 56.3 Å². The quantitative estimate of drug-likeness (QED) is 0.557. The van der Waals surface area contributed by atoms with Crippen LogP contribution in [-0.2, 0) is 17.8 Å². The molecule has 1 aromatic heterocycles. The first-order chi connectivity index (χ1) is 11.1. The van der Waals surface area contributed by atoms with E-state index in [-0.39, 0.29) is 11.8 Å². The van der Waals surface area contributed by atoms with Gasteiger partial charge in [-0.1, -0.05) is 25.6 Å². The van der Waals surface area contributed by atoms with Gasteiger partial charge in [0.05, 0.1) is 0 Å². The minimum atomic E-state index is 0.184. The summed E-state index contributed by atoms with van der Waals surface area (Å²) in [4.78, 5) is 12.1. The second kappa shape index (κ2) is 9.27. The fraction of sp³-hybridized carbons (Fsp3) is 0.812. The Kier molecular flexibility index (Phi) is 7.36. The summed E-state index contributed by atoms with van der Waals surface area (Å²) in [5.41, 5.74) is 0. The molecule has 23 heavy (non-hydrogen) atoms. The van der Waals surface area contributed by atoms with Crippen molar-refractivity contribution in [2.75, 3.05) is 25.9 Å². The predicted octanol–water partition coefficient (Wildman–Crippen LogP) is 1.70. The summed E-state index contributed by atoms with van der Waals surface area (Å²) >= 11 is 1.63. The number of nitrogens with zero attached hydrogens (tertiary/aromatic N) is 3. The molecular formula is C16H29N5OS. The maximum atomic E-state index is 12.1. The standard InChI is InChI=1S/C16H29N5OS/c1-12(2)11-21-14(19-20-16(21)23-3)5-4-8-18-15(22)13-6-9-17-10-7-13/h12-13,17H,4-11H2,1-3H3,(H,18,22). The highest BCUT2D eigenvalue weighted by molar-refractivity contribution is 7.98. The second-order valence-electron chi connectivity index (χ2n) is 6.53. The topological polar surface area (TPSA) is 71.8 Å². The lowest BCUT2D eigenvalue weighted by molar-refractivity contribution is -0.125. The summed E-state index contributed by atoms with van der Waals surface area (Å²) in [7, 11) is 0. The van der Waals surface area contributed by atoms with Crippen LogP contribution < -0.4 is 10.6 Å². The summed E-state index contributed by atoms with van der Waals surface area (Å²) in [6.07, 6.45) is 5.69. The number of amides is 1. The van der Waals surface area contributed by atoms with Crippen LogP contribution in [0, 0.1) is 11.8 Å². The summed E-state index contributed by atoms with van der Waals surface area (Å²) in [5.74, 6) is 1.98. The molecule has 1 aromatic rings. The molecule has 7 heteroatoms. The largest absolute Gasteiger partial charge is 0.356 e. The Morgan fingerprint density at radius 1 is 1.39 bits per heavy atom. The van der Waals surface area contributed by atoms with Crippen LogP contribution in [0.3, 0.4) is 0 Å². The average Bonchev–Trinajstić information content (AvgIpc) is 2.93. The van der Waals surface area contributed by atoms with Crippen LogP contribution in [0.1, 0.15) is 38.9 Å². The van der Waals surface area contributed by atoms with Crippen molar-refractivity contribution in [1.82, 2.24) is 25.4 Å². The van der Waals surface area contributed by atoms with E-state index in [0.29, 0.717) is 12.5 Å². The molecule has 2 N–H and O–H groups in total. The van der Waals surface area contributed by atoms with Crippen LogP contribution in [0.15, 0.2) is 5.16 Å². The zero-order chi connectivity index (χ0) is 16.7.